The van der Waals surface area contributed by atoms with Gasteiger partial charge in [0.2, 0.25) is 0 Å². The van der Waals surface area contributed by atoms with Crippen molar-refractivity contribution in [1.82, 2.24) is 15.2 Å². The van der Waals surface area contributed by atoms with Crippen LogP contribution in [0.4, 0.5) is 4.79 Å². The number of hydrogen-bond acceptors (Lipinski definition) is 7. The van der Waals surface area contributed by atoms with Gasteiger partial charge in [0.15, 0.2) is 5.76 Å². The van der Waals surface area contributed by atoms with Gasteiger partial charge in [-0.2, -0.15) is 0 Å². The van der Waals surface area contributed by atoms with Crippen LogP contribution in [0.5, 0.6) is 0 Å². The Morgan fingerprint density at radius 2 is 1.82 bits per heavy atom. The van der Waals surface area contributed by atoms with Gasteiger partial charge in [0.25, 0.3) is 5.91 Å². The van der Waals surface area contributed by atoms with Gasteiger partial charge in [0.1, 0.15) is 11.4 Å². The maximum absolute atomic E-state index is 13.2. The Kier molecular flexibility index (Phi) is 7.41. The third kappa shape index (κ3) is 5.97. The standard InChI is InChI=1S/C30H34N4O5/c1-30(2,3)39-29(36)34-14-10-19(11-15-34)18-32-28(35)26-17-24(27(38-26)20-8-12-31-13-9-20)22-4-6-23-21(16-22)5-7-25(23)33-37/h4,6,8-9,12-13,16-17,19,37H,5,7,10-11,14-15,18H2,1-3H3,(H,32,35). The van der Waals surface area contributed by atoms with E-state index in [2.05, 4.69) is 21.5 Å². The number of oxime groups is 1. The topological polar surface area (TPSA) is 117 Å². The molecule has 3 aromatic rings. The molecule has 3 heterocycles. The number of furan rings is 1. The number of nitrogens with zero attached hydrogens (tertiary/aromatic N) is 3. The Balaban J connectivity index is 1.29. The number of nitrogens with one attached hydrogen (secondary N) is 1. The molecule has 5 rings (SSSR count). The highest BCUT2D eigenvalue weighted by Crippen LogP contribution is 2.37. The molecule has 1 aliphatic carbocycles. The molecule has 2 aromatic heterocycles. The molecule has 2 amide bonds. The second-order valence-corrected chi connectivity index (χ2v) is 11.1. The summed E-state index contributed by atoms with van der Waals surface area (Å²) < 4.78 is 11.6. The molecule has 0 unspecified atom stereocenters. The summed E-state index contributed by atoms with van der Waals surface area (Å²) in [5.41, 5.74) is 4.79. The number of likely N-dealkylation sites (tertiary alicyclic amines) is 1. The van der Waals surface area contributed by atoms with E-state index in [1.807, 2.05) is 45.0 Å². The minimum Gasteiger partial charge on any atom is -0.450 e. The van der Waals surface area contributed by atoms with Crippen molar-refractivity contribution in [2.45, 2.75) is 52.1 Å². The molecule has 0 spiro atoms. The van der Waals surface area contributed by atoms with Crippen molar-refractivity contribution < 1.29 is 24.0 Å². The molecule has 1 aromatic carbocycles. The lowest BCUT2D eigenvalue weighted by Crippen LogP contribution is -2.43. The number of benzene rings is 1. The van der Waals surface area contributed by atoms with Crippen molar-refractivity contribution in [2.24, 2.45) is 11.1 Å². The third-order valence-electron chi connectivity index (χ3n) is 7.19. The molecule has 0 radical (unpaired) electrons. The van der Waals surface area contributed by atoms with Crippen molar-refractivity contribution in [2.75, 3.05) is 19.6 Å². The number of hydrogen-bond donors (Lipinski definition) is 2. The summed E-state index contributed by atoms with van der Waals surface area (Å²) in [7, 11) is 0. The van der Waals surface area contributed by atoms with Crippen LogP contribution in [0.3, 0.4) is 0 Å². The lowest BCUT2D eigenvalue weighted by atomic mass is 9.97. The number of piperidine rings is 1. The van der Waals surface area contributed by atoms with Crippen molar-refractivity contribution in [1.29, 1.82) is 0 Å². The number of aryl methyl sites for hydroxylation is 1. The lowest BCUT2D eigenvalue weighted by molar-refractivity contribution is 0.0183. The largest absolute Gasteiger partial charge is 0.450 e. The van der Waals surface area contributed by atoms with Gasteiger partial charge in [-0.25, -0.2) is 4.79 Å². The van der Waals surface area contributed by atoms with Crippen LogP contribution in [0.25, 0.3) is 22.5 Å². The number of carbonyl (C=O) groups excluding carboxylic acids is 2. The predicted molar refractivity (Wildman–Crippen MR) is 147 cm³/mol. The van der Waals surface area contributed by atoms with Gasteiger partial charge in [-0.15, -0.1) is 0 Å². The fraction of sp³-hybridized carbons (Fsp3) is 0.400. The van der Waals surface area contributed by atoms with Crippen molar-refractivity contribution in [3.8, 4) is 22.5 Å². The van der Waals surface area contributed by atoms with Gasteiger partial charge in [0.05, 0.1) is 5.71 Å². The van der Waals surface area contributed by atoms with Gasteiger partial charge in [-0.1, -0.05) is 23.4 Å². The van der Waals surface area contributed by atoms with E-state index < -0.39 is 5.60 Å². The minimum absolute atomic E-state index is 0.237. The fourth-order valence-electron chi connectivity index (χ4n) is 5.15. The average Bonchev–Trinajstić information content (AvgIpc) is 3.56. The summed E-state index contributed by atoms with van der Waals surface area (Å²) in [5.74, 6) is 0.825. The summed E-state index contributed by atoms with van der Waals surface area (Å²) in [6.45, 7) is 7.30. The van der Waals surface area contributed by atoms with E-state index in [9.17, 15) is 14.8 Å². The Labute approximate surface area is 227 Å². The third-order valence-corrected chi connectivity index (χ3v) is 7.19. The number of carbonyl (C=O) groups is 2. The number of pyridine rings is 1. The monoisotopic (exact) mass is 530 g/mol. The first-order valence-corrected chi connectivity index (χ1v) is 13.4. The first-order chi connectivity index (χ1) is 18.7. The zero-order chi connectivity index (χ0) is 27.6. The Morgan fingerprint density at radius 1 is 1.08 bits per heavy atom. The van der Waals surface area contributed by atoms with E-state index in [4.69, 9.17) is 9.15 Å². The number of ether oxygens (including phenoxy) is 1. The lowest BCUT2D eigenvalue weighted by Gasteiger charge is -2.33. The highest BCUT2D eigenvalue weighted by molar-refractivity contribution is 6.05. The van der Waals surface area contributed by atoms with Crippen molar-refractivity contribution in [3.63, 3.8) is 0 Å². The molecule has 9 nitrogen and oxygen atoms in total. The molecule has 39 heavy (non-hydrogen) atoms. The van der Waals surface area contributed by atoms with E-state index >= 15 is 0 Å². The molecule has 0 bridgehead atoms. The van der Waals surface area contributed by atoms with E-state index in [1.165, 1.54) is 0 Å². The van der Waals surface area contributed by atoms with E-state index in [0.717, 1.165) is 47.1 Å². The fourth-order valence-corrected chi connectivity index (χ4v) is 5.15. The van der Waals surface area contributed by atoms with Crippen LogP contribution in [-0.4, -0.2) is 58.0 Å². The van der Waals surface area contributed by atoms with Gasteiger partial charge >= 0.3 is 6.09 Å². The molecular formula is C30H34N4O5. The smallest absolute Gasteiger partial charge is 0.410 e. The Morgan fingerprint density at radius 3 is 2.51 bits per heavy atom. The number of fused-ring (bicyclic) bond motifs is 1. The average molecular weight is 531 g/mol. The molecule has 0 atom stereocenters. The zero-order valence-electron chi connectivity index (χ0n) is 22.6. The van der Waals surface area contributed by atoms with E-state index in [1.54, 1.807) is 23.4 Å². The second kappa shape index (κ2) is 10.9. The minimum atomic E-state index is -0.519. The first kappa shape index (κ1) is 26.5. The van der Waals surface area contributed by atoms with Crippen LogP contribution in [0, 0.1) is 5.92 Å². The number of amides is 2. The Hall–Kier alpha value is -4.14. The molecule has 204 valence electrons. The normalized spacial score (nSPS) is 16.8. The van der Waals surface area contributed by atoms with E-state index in [0.29, 0.717) is 37.5 Å². The predicted octanol–water partition coefficient (Wildman–Crippen LogP) is 5.51. The summed E-state index contributed by atoms with van der Waals surface area (Å²) in [6.07, 6.45) is 6.17. The zero-order valence-corrected chi connectivity index (χ0v) is 22.6. The van der Waals surface area contributed by atoms with Crippen LogP contribution in [-0.2, 0) is 11.2 Å². The summed E-state index contributed by atoms with van der Waals surface area (Å²) in [4.78, 5) is 31.3. The van der Waals surface area contributed by atoms with Gasteiger partial charge < -0.3 is 24.6 Å². The highest BCUT2D eigenvalue weighted by Gasteiger charge is 2.28. The van der Waals surface area contributed by atoms with Crippen LogP contribution in [0.2, 0.25) is 0 Å². The molecule has 1 saturated heterocycles. The highest BCUT2D eigenvalue weighted by atomic mass is 16.6. The molecule has 2 N–H and O–H groups in total. The molecule has 1 fully saturated rings. The van der Waals surface area contributed by atoms with Crippen LogP contribution in [0.1, 0.15) is 61.7 Å². The Bertz CT molecular complexity index is 1380. The molecule has 1 aliphatic heterocycles. The van der Waals surface area contributed by atoms with Crippen molar-refractivity contribution >= 4 is 17.7 Å². The van der Waals surface area contributed by atoms with Crippen LogP contribution >= 0.6 is 0 Å². The summed E-state index contributed by atoms with van der Waals surface area (Å²) in [5, 5.41) is 15.7. The first-order valence-electron chi connectivity index (χ1n) is 13.4. The van der Waals surface area contributed by atoms with Gasteiger partial charge in [-0.3, -0.25) is 9.78 Å². The van der Waals surface area contributed by atoms with Crippen molar-refractivity contribution in [3.05, 3.63) is 65.7 Å². The molecular weight excluding hydrogens is 496 g/mol. The van der Waals surface area contributed by atoms with Gasteiger partial charge in [-0.05, 0) is 81.7 Å². The summed E-state index contributed by atoms with van der Waals surface area (Å²) in [6, 6.07) is 11.5. The van der Waals surface area contributed by atoms with Crippen LogP contribution < -0.4 is 5.32 Å². The van der Waals surface area contributed by atoms with Gasteiger partial charge in [0, 0.05) is 48.7 Å². The molecule has 9 heteroatoms. The maximum atomic E-state index is 13.2. The quantitative estimate of drug-likeness (QED) is 0.332. The second-order valence-electron chi connectivity index (χ2n) is 11.1. The number of rotatable bonds is 5. The SMILES string of the molecule is CC(C)(C)OC(=O)N1CCC(CNC(=O)c2cc(-c3ccc4c(c3)CCC4=NO)c(-c3ccncc3)o2)CC1. The van der Waals surface area contributed by atoms with Crippen LogP contribution in [0.15, 0.2) is 58.4 Å². The number of aromatic nitrogens is 1. The molecule has 2 aliphatic rings. The molecule has 0 saturated carbocycles. The maximum Gasteiger partial charge on any atom is 0.410 e. The van der Waals surface area contributed by atoms with E-state index in [-0.39, 0.29) is 23.7 Å². The summed E-state index contributed by atoms with van der Waals surface area (Å²) >= 11 is 0.